The molecule has 1 nitrogen and oxygen atoms in total. The van der Waals surface area contributed by atoms with Gasteiger partial charge >= 0.3 is 19.5 Å². The zero-order chi connectivity index (χ0) is 20.6. The Bertz CT molecular complexity index is 509. The number of hydrogen-bond acceptors (Lipinski definition) is 1. The first-order valence-electron chi connectivity index (χ1n) is 10.1. The van der Waals surface area contributed by atoms with Crippen LogP contribution in [0.2, 0.25) is 0 Å². The zero-order valence-electron chi connectivity index (χ0n) is 21.0. The summed E-state index contributed by atoms with van der Waals surface area (Å²) in [6.45, 7) is 29.0. The molecule has 0 radical (unpaired) electrons. The van der Waals surface area contributed by atoms with E-state index in [9.17, 15) is 0 Å². The van der Waals surface area contributed by atoms with E-state index in [1.807, 2.05) is 0 Å². The molecule has 0 saturated heterocycles. The van der Waals surface area contributed by atoms with Crippen molar-refractivity contribution in [3.8, 4) is 0 Å². The predicted molar refractivity (Wildman–Crippen MR) is 135 cm³/mol. The quantitative estimate of drug-likeness (QED) is 0.226. The van der Waals surface area contributed by atoms with E-state index in [1.165, 1.54) is 23.7 Å². The number of pyridine rings is 1. The van der Waals surface area contributed by atoms with Crippen molar-refractivity contribution in [1.82, 2.24) is 4.98 Å². The molecular weight excluding hydrogens is 465 g/mol. The molecule has 1 heterocycles. The Kier molecular flexibility index (Phi) is 11.9. The van der Waals surface area contributed by atoms with Gasteiger partial charge in [0, 0.05) is 15.8 Å². The predicted octanol–water partition coefficient (Wildman–Crippen LogP) is 7.88. The first kappa shape index (κ1) is 30.8. The minimum atomic E-state index is -0.583. The monoisotopic (exact) mass is 515 g/mol. The molecule has 1 rings (SSSR count). The van der Waals surface area contributed by atoms with Gasteiger partial charge in [-0.2, -0.15) is 0 Å². The Labute approximate surface area is 192 Å². The fourth-order valence-electron chi connectivity index (χ4n) is 4.40. The molecule has 0 spiro atoms. The molecule has 0 aliphatic rings. The molecule has 4 heteroatoms. The van der Waals surface area contributed by atoms with Crippen molar-refractivity contribution >= 4 is 15.8 Å². The van der Waals surface area contributed by atoms with E-state index in [0.717, 1.165) is 0 Å². The first-order chi connectivity index (χ1) is 11.4. The van der Waals surface area contributed by atoms with Gasteiger partial charge in [-0.15, -0.1) is 0 Å². The van der Waals surface area contributed by atoms with Crippen LogP contribution in [0.5, 0.6) is 0 Å². The molecule has 165 valence electrons. The van der Waals surface area contributed by atoms with Crippen molar-refractivity contribution in [1.29, 1.82) is 0 Å². The maximum absolute atomic E-state index is 5.16. The maximum atomic E-state index is 5.16. The Morgan fingerprint density at radius 2 is 0.857 bits per heavy atom. The van der Waals surface area contributed by atoms with Crippen molar-refractivity contribution in [2.75, 3.05) is 0 Å². The molecule has 28 heavy (non-hydrogen) atoms. The van der Waals surface area contributed by atoms with Gasteiger partial charge in [0.25, 0.3) is 0 Å². The summed E-state index contributed by atoms with van der Waals surface area (Å²) >= 11 is 0. The van der Waals surface area contributed by atoms with Gasteiger partial charge in [0.1, 0.15) is 0 Å². The van der Waals surface area contributed by atoms with Crippen molar-refractivity contribution in [2.45, 2.75) is 116 Å². The Morgan fingerprint density at radius 3 is 1.07 bits per heavy atom. The van der Waals surface area contributed by atoms with Crippen LogP contribution in [0.3, 0.4) is 0 Å². The molecule has 0 atom stereocenters. The van der Waals surface area contributed by atoms with Gasteiger partial charge in [-0.3, -0.25) is 4.98 Å². The van der Waals surface area contributed by atoms with Crippen LogP contribution >= 0.6 is 15.8 Å². The van der Waals surface area contributed by atoms with E-state index >= 15 is 0 Å². The van der Waals surface area contributed by atoms with Gasteiger partial charge in [0.2, 0.25) is 0 Å². The average molecular weight is 515 g/mol. The van der Waals surface area contributed by atoms with Gasteiger partial charge in [0.15, 0.2) is 0 Å². The SMILES string of the molecule is CC(C)(C)[PH+](Cc1cccc(C[PH+](C(C)(C)C)C(C)(C)C)n1)C(C)(C)C.[CH3-].[RuH+2]. The number of aromatic nitrogens is 1. The molecule has 1 aromatic rings. The van der Waals surface area contributed by atoms with Gasteiger partial charge in [-0.25, -0.2) is 0 Å². The summed E-state index contributed by atoms with van der Waals surface area (Å²) in [5, 5.41) is 1.53. The van der Waals surface area contributed by atoms with Crippen LogP contribution in [0.1, 0.15) is 94.5 Å². The average Bonchev–Trinajstić information content (AvgIpc) is 2.37. The van der Waals surface area contributed by atoms with E-state index in [0.29, 0.717) is 20.6 Å². The van der Waals surface area contributed by atoms with Gasteiger partial charge in [-0.05, 0) is 95.2 Å². The van der Waals surface area contributed by atoms with Crippen LogP contribution in [0, 0.1) is 7.43 Å². The van der Waals surface area contributed by atoms with Crippen LogP contribution in [0.15, 0.2) is 18.2 Å². The summed E-state index contributed by atoms with van der Waals surface area (Å²) in [7, 11) is -1.17. The van der Waals surface area contributed by atoms with Crippen molar-refractivity contribution in [3.05, 3.63) is 37.0 Å². The fraction of sp³-hybridized carbons (Fsp3) is 0.750. The van der Waals surface area contributed by atoms with Crippen LogP contribution in [0.4, 0.5) is 0 Å². The summed E-state index contributed by atoms with van der Waals surface area (Å²) in [5.74, 6) is 0. The molecule has 0 aliphatic carbocycles. The van der Waals surface area contributed by atoms with Crippen molar-refractivity contribution in [3.63, 3.8) is 0 Å². The molecule has 0 amide bonds. The molecule has 0 fully saturated rings. The molecule has 0 aromatic carbocycles. The van der Waals surface area contributed by atoms with Crippen LogP contribution in [0.25, 0.3) is 0 Å². The summed E-state index contributed by atoms with van der Waals surface area (Å²) in [6.07, 6.45) is 2.33. The van der Waals surface area contributed by atoms with E-state index in [4.69, 9.17) is 4.98 Å². The first-order valence-corrected chi connectivity index (χ1v) is 13.5. The Morgan fingerprint density at radius 1 is 0.607 bits per heavy atom. The van der Waals surface area contributed by atoms with Gasteiger partial charge < -0.3 is 7.43 Å². The van der Waals surface area contributed by atoms with E-state index in [2.05, 4.69) is 101 Å². The van der Waals surface area contributed by atoms with Crippen molar-refractivity contribution in [2.24, 2.45) is 0 Å². The summed E-state index contributed by atoms with van der Waals surface area (Å²) in [4.78, 5) is 5.16. The third-order valence-electron chi connectivity index (χ3n) is 5.20. The van der Waals surface area contributed by atoms with Gasteiger partial charge in [0.05, 0.1) is 44.3 Å². The van der Waals surface area contributed by atoms with Crippen LogP contribution < -0.4 is 0 Å². The standard InChI is InChI=1S/C23H43NP2.CH3.Ru.H/c1-20(2,3)25(21(4,5)6)16-18-14-13-15-19(24-18)17-26(22(7,8)9)23(10,11)12;;;/h13-15H,16-17H2,1-12H3;1H3;;/q;-1;+2;/p+2. The topological polar surface area (TPSA) is 12.9 Å². The third-order valence-corrected chi connectivity index (χ3v) is 13.9. The summed E-state index contributed by atoms with van der Waals surface area (Å²) in [5.41, 5.74) is 2.62. The Hall–Kier alpha value is 0.633. The van der Waals surface area contributed by atoms with Crippen LogP contribution in [-0.2, 0) is 31.8 Å². The van der Waals surface area contributed by atoms with E-state index in [-0.39, 0.29) is 26.9 Å². The van der Waals surface area contributed by atoms with E-state index in [1.54, 1.807) is 0 Å². The third kappa shape index (κ3) is 9.63. The molecule has 0 saturated carbocycles. The number of rotatable bonds is 4. The summed E-state index contributed by atoms with van der Waals surface area (Å²) < 4.78 is 0. The molecule has 0 unspecified atom stereocenters. The molecule has 0 N–H and O–H groups in total. The van der Waals surface area contributed by atoms with Crippen molar-refractivity contribution < 1.29 is 19.5 Å². The minimum absolute atomic E-state index is 0. The van der Waals surface area contributed by atoms with Crippen LogP contribution in [-0.4, -0.2) is 25.6 Å². The fourth-order valence-corrected chi connectivity index (χ4v) is 12.1. The molecule has 1 aromatic heterocycles. The number of nitrogens with zero attached hydrogens (tertiary/aromatic N) is 1. The molecule has 0 bridgehead atoms. The molecular formula is C24H49NP2Ru+3. The van der Waals surface area contributed by atoms with Gasteiger partial charge in [-0.1, -0.05) is 6.07 Å². The van der Waals surface area contributed by atoms with E-state index < -0.39 is 15.8 Å². The molecule has 0 aliphatic heterocycles. The second-order valence-electron chi connectivity index (χ2n) is 11.9. The second-order valence-corrected chi connectivity index (χ2v) is 20.6. The summed E-state index contributed by atoms with van der Waals surface area (Å²) in [6, 6.07) is 6.76. The second kappa shape index (κ2) is 10.8. The normalized spacial score (nSPS) is 13.4. The number of hydrogen-bond donors (Lipinski definition) is 0. The Balaban J connectivity index is 0. The zero-order valence-corrected chi connectivity index (χ0v) is 24.8.